The third-order valence-electron chi connectivity index (χ3n) is 7.38. The molecule has 0 radical (unpaired) electrons. The lowest BCUT2D eigenvalue weighted by Crippen LogP contribution is -2.41. The molecule has 0 N–H and O–H groups in total. The number of methoxy groups -OCH3 is 1. The maximum atomic E-state index is 13.3. The van der Waals surface area contributed by atoms with Crippen LogP contribution in [0.3, 0.4) is 0 Å². The number of hydrogen-bond donors (Lipinski definition) is 0. The van der Waals surface area contributed by atoms with E-state index in [4.69, 9.17) is 9.15 Å². The van der Waals surface area contributed by atoms with Gasteiger partial charge >= 0.3 is 5.97 Å². The number of benzene rings is 2. The Morgan fingerprint density at radius 3 is 2.70 bits per heavy atom. The average Bonchev–Trinajstić information content (AvgIpc) is 3.73. The number of furan rings is 1. The minimum absolute atomic E-state index is 0.212. The fourth-order valence-electron chi connectivity index (χ4n) is 5.26. The summed E-state index contributed by atoms with van der Waals surface area (Å²) in [5, 5.41) is 9.59. The monoisotopic (exact) mass is 599 g/mol. The van der Waals surface area contributed by atoms with Crippen LogP contribution in [0.1, 0.15) is 34.0 Å². The summed E-state index contributed by atoms with van der Waals surface area (Å²) in [5.74, 6) is 0.159. The smallest absolute Gasteiger partial charge is 0.318 e. The predicted molar refractivity (Wildman–Crippen MR) is 152 cm³/mol. The highest BCUT2D eigenvalue weighted by molar-refractivity contribution is 9.10. The molecule has 0 bridgehead atoms. The molecule has 2 aromatic carbocycles. The Bertz CT molecular complexity index is 1730. The number of likely N-dealkylation sites (tertiary alicyclic amines) is 1. The second-order valence-electron chi connectivity index (χ2n) is 9.98. The van der Waals surface area contributed by atoms with Crippen LogP contribution in [0.5, 0.6) is 0 Å². The summed E-state index contributed by atoms with van der Waals surface area (Å²) in [7, 11) is 1.37. The first-order valence-electron chi connectivity index (χ1n) is 12.8. The lowest BCUT2D eigenvalue weighted by atomic mass is 9.79. The van der Waals surface area contributed by atoms with Crippen LogP contribution in [-0.2, 0) is 21.5 Å². The summed E-state index contributed by atoms with van der Waals surface area (Å²) < 4.78 is 13.7. The van der Waals surface area contributed by atoms with E-state index < -0.39 is 5.41 Å². The van der Waals surface area contributed by atoms with Gasteiger partial charge in [-0.05, 0) is 61.4 Å². The molecule has 1 aliphatic heterocycles. The third kappa shape index (κ3) is 4.79. The van der Waals surface area contributed by atoms with Crippen molar-refractivity contribution >= 4 is 38.7 Å². The van der Waals surface area contributed by atoms with E-state index in [-0.39, 0.29) is 24.2 Å². The Morgan fingerprint density at radius 2 is 1.90 bits per heavy atom. The quantitative estimate of drug-likeness (QED) is 0.248. The molecule has 0 aliphatic carbocycles. The molecule has 5 aromatic rings. The Kier molecular flexibility index (Phi) is 6.71. The van der Waals surface area contributed by atoms with Crippen molar-refractivity contribution in [1.29, 1.82) is 0 Å². The van der Waals surface area contributed by atoms with Gasteiger partial charge in [-0.25, -0.2) is 4.68 Å². The Morgan fingerprint density at radius 1 is 1.07 bits per heavy atom. The van der Waals surface area contributed by atoms with Crippen molar-refractivity contribution in [3.63, 3.8) is 0 Å². The van der Waals surface area contributed by atoms with Gasteiger partial charge in [0, 0.05) is 34.2 Å². The summed E-state index contributed by atoms with van der Waals surface area (Å²) >= 11 is 3.44. The maximum Gasteiger partial charge on any atom is 0.318 e. The highest BCUT2D eigenvalue weighted by Gasteiger charge is 2.48. The molecule has 202 valence electrons. The fraction of sp³-hybridized carbons (Fsp3) is 0.233. The van der Waals surface area contributed by atoms with Gasteiger partial charge in [0.1, 0.15) is 23.4 Å². The van der Waals surface area contributed by atoms with Crippen molar-refractivity contribution in [3.05, 3.63) is 100 Å². The van der Waals surface area contributed by atoms with Gasteiger partial charge in [-0.15, -0.1) is 5.10 Å². The van der Waals surface area contributed by atoms with Crippen LogP contribution >= 0.6 is 15.9 Å². The molecule has 3 aromatic heterocycles. The van der Waals surface area contributed by atoms with Crippen molar-refractivity contribution < 1.29 is 18.7 Å². The number of aryl methyl sites for hydroxylation is 1. The van der Waals surface area contributed by atoms with Crippen LogP contribution in [0.2, 0.25) is 0 Å². The molecule has 40 heavy (non-hydrogen) atoms. The van der Waals surface area contributed by atoms with E-state index in [1.165, 1.54) is 7.11 Å². The van der Waals surface area contributed by atoms with Gasteiger partial charge in [0.25, 0.3) is 5.91 Å². The maximum absolute atomic E-state index is 13.3. The summed E-state index contributed by atoms with van der Waals surface area (Å²) in [4.78, 5) is 32.4. The summed E-state index contributed by atoms with van der Waals surface area (Å²) in [5.41, 5.74) is 3.47. The molecule has 1 atom stereocenters. The van der Waals surface area contributed by atoms with E-state index in [1.54, 1.807) is 21.7 Å². The molecule has 1 amide bonds. The van der Waals surface area contributed by atoms with Gasteiger partial charge in [0.2, 0.25) is 0 Å². The highest BCUT2D eigenvalue weighted by Crippen LogP contribution is 2.37. The number of ether oxygens (including phenoxy) is 1. The Balaban J connectivity index is 1.16. The third-order valence-corrected chi connectivity index (χ3v) is 7.91. The van der Waals surface area contributed by atoms with Crippen molar-refractivity contribution in [2.24, 2.45) is 0 Å². The topological polar surface area (TPSA) is 103 Å². The largest absolute Gasteiger partial charge is 0.468 e. The first-order valence-corrected chi connectivity index (χ1v) is 13.6. The van der Waals surface area contributed by atoms with Gasteiger partial charge < -0.3 is 14.1 Å². The lowest BCUT2D eigenvalue weighted by molar-refractivity contribution is -0.147. The molecule has 6 rings (SSSR count). The van der Waals surface area contributed by atoms with E-state index in [1.807, 2.05) is 67.7 Å². The average molecular weight is 600 g/mol. The second kappa shape index (κ2) is 10.3. The molecule has 0 spiro atoms. The van der Waals surface area contributed by atoms with E-state index in [0.717, 1.165) is 37.9 Å². The van der Waals surface area contributed by atoms with Gasteiger partial charge in [-0.2, -0.15) is 0 Å². The van der Waals surface area contributed by atoms with Crippen molar-refractivity contribution in [2.45, 2.75) is 25.3 Å². The zero-order valence-corrected chi connectivity index (χ0v) is 23.6. The zero-order chi connectivity index (χ0) is 27.9. The number of esters is 1. The number of nitrogens with zero attached hydrogens (tertiary/aromatic N) is 5. The molecule has 10 heteroatoms. The number of fused-ring (bicyclic) bond motifs is 1. The van der Waals surface area contributed by atoms with Gasteiger partial charge in [-0.3, -0.25) is 14.6 Å². The second-order valence-corrected chi connectivity index (χ2v) is 10.9. The number of pyridine rings is 1. The number of rotatable bonds is 6. The first kappa shape index (κ1) is 25.9. The number of carbonyl (C=O) groups excluding carboxylic acids is 2. The standard InChI is InChI=1S/C30H26BrN5O4/c1-19-3-4-20-15-21(5-11-25(20)32-19)26-17-36(34-33-26)16-24-10-12-27(40-24)28(37)35-14-13-30(18-35,29(38)39-2)22-6-8-23(31)9-7-22/h3-12,15,17H,13-14,16,18H2,1-2H3. The molecule has 9 nitrogen and oxygen atoms in total. The lowest BCUT2D eigenvalue weighted by Gasteiger charge is -2.27. The van der Waals surface area contributed by atoms with E-state index in [0.29, 0.717) is 25.3 Å². The molecule has 1 aliphatic rings. The first-order chi connectivity index (χ1) is 19.3. The minimum atomic E-state index is -0.921. The molecule has 1 fully saturated rings. The van der Waals surface area contributed by atoms with Crippen LogP contribution in [0.4, 0.5) is 0 Å². The summed E-state index contributed by atoms with van der Waals surface area (Å²) in [6.45, 7) is 2.91. The summed E-state index contributed by atoms with van der Waals surface area (Å²) in [6.07, 6.45) is 2.31. The van der Waals surface area contributed by atoms with Crippen LogP contribution in [0.15, 0.2) is 81.8 Å². The van der Waals surface area contributed by atoms with Crippen molar-refractivity contribution in [3.8, 4) is 11.3 Å². The molecule has 1 saturated heterocycles. The van der Waals surface area contributed by atoms with E-state index in [9.17, 15) is 9.59 Å². The highest BCUT2D eigenvalue weighted by atomic mass is 79.9. The van der Waals surface area contributed by atoms with Gasteiger partial charge in [-0.1, -0.05) is 45.4 Å². The number of amides is 1. The molecule has 0 saturated carbocycles. The number of hydrogen-bond acceptors (Lipinski definition) is 7. The summed E-state index contributed by atoms with van der Waals surface area (Å²) in [6, 6.07) is 21.0. The Hall–Kier alpha value is -4.31. The predicted octanol–water partition coefficient (Wildman–Crippen LogP) is 5.16. The SMILES string of the molecule is COC(=O)C1(c2ccc(Br)cc2)CCN(C(=O)c2ccc(Cn3cc(-c4ccc5nc(C)ccc5c4)nn3)o2)C1. The number of carbonyl (C=O) groups is 2. The van der Waals surface area contributed by atoms with Crippen LogP contribution < -0.4 is 0 Å². The van der Waals surface area contributed by atoms with E-state index >= 15 is 0 Å². The number of halogens is 1. The van der Waals surface area contributed by atoms with Crippen molar-refractivity contribution in [1.82, 2.24) is 24.9 Å². The zero-order valence-electron chi connectivity index (χ0n) is 22.0. The minimum Gasteiger partial charge on any atom is -0.468 e. The molecular weight excluding hydrogens is 574 g/mol. The van der Waals surface area contributed by atoms with Crippen molar-refractivity contribution in [2.75, 3.05) is 20.2 Å². The molecule has 1 unspecified atom stereocenters. The molecular formula is C30H26BrN5O4. The normalized spacial score (nSPS) is 16.9. The number of aromatic nitrogens is 4. The van der Waals surface area contributed by atoms with Crippen LogP contribution in [0.25, 0.3) is 22.2 Å². The van der Waals surface area contributed by atoms with Crippen LogP contribution in [-0.4, -0.2) is 57.0 Å². The van der Waals surface area contributed by atoms with E-state index in [2.05, 4.69) is 31.2 Å². The van der Waals surface area contributed by atoms with Gasteiger partial charge in [0.05, 0.1) is 18.8 Å². The molecule has 4 heterocycles. The van der Waals surface area contributed by atoms with Crippen LogP contribution in [0, 0.1) is 6.92 Å². The van der Waals surface area contributed by atoms with Gasteiger partial charge in [0.15, 0.2) is 5.76 Å². The fourth-order valence-corrected chi connectivity index (χ4v) is 5.52. The Labute approximate surface area is 238 Å².